The van der Waals surface area contributed by atoms with Gasteiger partial charge in [-0.3, -0.25) is 0 Å². The standard InChI is InChI=1S/C9H18O5/c1-5(2)13-4-7-9(12)6(10)3-8(11)14-7/h5-12H,3-4H2,1-2H3/t6-,7-,8-,9+/m0/s1. The summed E-state index contributed by atoms with van der Waals surface area (Å²) in [5, 5.41) is 28.0. The van der Waals surface area contributed by atoms with Crippen LogP contribution < -0.4 is 0 Å². The summed E-state index contributed by atoms with van der Waals surface area (Å²) in [6, 6.07) is 0. The molecule has 0 unspecified atom stereocenters. The number of aliphatic hydroxyl groups excluding tert-OH is 3. The van der Waals surface area contributed by atoms with E-state index in [1.807, 2.05) is 13.8 Å². The summed E-state index contributed by atoms with van der Waals surface area (Å²) in [5.41, 5.74) is 0. The third-order valence-corrected chi connectivity index (χ3v) is 2.14. The van der Waals surface area contributed by atoms with Crippen LogP contribution >= 0.6 is 0 Å². The highest BCUT2D eigenvalue weighted by Crippen LogP contribution is 2.19. The number of aliphatic hydroxyl groups is 3. The van der Waals surface area contributed by atoms with Crippen LogP contribution in [-0.2, 0) is 9.47 Å². The molecule has 0 aromatic carbocycles. The van der Waals surface area contributed by atoms with E-state index in [9.17, 15) is 15.3 Å². The van der Waals surface area contributed by atoms with Crippen molar-refractivity contribution < 1.29 is 24.8 Å². The molecule has 1 saturated heterocycles. The van der Waals surface area contributed by atoms with Gasteiger partial charge in [-0.15, -0.1) is 0 Å². The van der Waals surface area contributed by atoms with Crippen molar-refractivity contribution in [2.24, 2.45) is 0 Å². The van der Waals surface area contributed by atoms with Gasteiger partial charge in [-0.25, -0.2) is 0 Å². The van der Waals surface area contributed by atoms with Gasteiger partial charge < -0.3 is 24.8 Å². The van der Waals surface area contributed by atoms with Gasteiger partial charge in [0, 0.05) is 6.42 Å². The molecule has 5 heteroatoms. The minimum absolute atomic E-state index is 0.0296. The summed E-state index contributed by atoms with van der Waals surface area (Å²) in [5.74, 6) is 0. The molecule has 4 atom stereocenters. The molecule has 84 valence electrons. The van der Waals surface area contributed by atoms with Crippen molar-refractivity contribution in [3.63, 3.8) is 0 Å². The molecule has 1 aliphatic heterocycles. The molecule has 0 amide bonds. The minimum Gasteiger partial charge on any atom is -0.390 e. The fourth-order valence-electron chi connectivity index (χ4n) is 1.36. The Labute approximate surface area is 83.3 Å². The third-order valence-electron chi connectivity index (χ3n) is 2.14. The highest BCUT2D eigenvalue weighted by atomic mass is 16.6. The Balaban J connectivity index is 2.41. The Hall–Kier alpha value is -0.200. The largest absolute Gasteiger partial charge is 0.390 e. The molecule has 0 spiro atoms. The molecule has 1 heterocycles. The van der Waals surface area contributed by atoms with E-state index < -0.39 is 24.6 Å². The first-order chi connectivity index (χ1) is 6.50. The van der Waals surface area contributed by atoms with Crippen molar-refractivity contribution in [2.45, 2.75) is 51.0 Å². The first-order valence-corrected chi connectivity index (χ1v) is 4.82. The van der Waals surface area contributed by atoms with Crippen molar-refractivity contribution in [1.82, 2.24) is 0 Å². The molecule has 0 aromatic rings. The molecule has 14 heavy (non-hydrogen) atoms. The van der Waals surface area contributed by atoms with Crippen LogP contribution in [0.3, 0.4) is 0 Å². The molecule has 0 aromatic heterocycles. The second kappa shape index (κ2) is 5.04. The van der Waals surface area contributed by atoms with E-state index in [0.717, 1.165) is 0 Å². The van der Waals surface area contributed by atoms with E-state index in [1.54, 1.807) is 0 Å². The zero-order chi connectivity index (χ0) is 10.7. The molecule has 1 fully saturated rings. The number of hydrogen-bond acceptors (Lipinski definition) is 5. The van der Waals surface area contributed by atoms with Crippen molar-refractivity contribution >= 4 is 0 Å². The molecule has 1 rings (SSSR count). The summed E-state index contributed by atoms with van der Waals surface area (Å²) in [4.78, 5) is 0. The Bertz CT molecular complexity index is 173. The van der Waals surface area contributed by atoms with Gasteiger partial charge in [0.15, 0.2) is 6.29 Å². The Morgan fingerprint density at radius 3 is 2.57 bits per heavy atom. The smallest absolute Gasteiger partial charge is 0.157 e. The molecular weight excluding hydrogens is 188 g/mol. The Kier molecular flexibility index (Phi) is 4.28. The molecule has 0 radical (unpaired) electrons. The summed E-state index contributed by atoms with van der Waals surface area (Å²) < 4.78 is 10.3. The molecular formula is C9H18O5. The summed E-state index contributed by atoms with van der Waals surface area (Å²) >= 11 is 0. The van der Waals surface area contributed by atoms with Crippen LogP contribution in [0.1, 0.15) is 20.3 Å². The van der Waals surface area contributed by atoms with E-state index in [-0.39, 0.29) is 19.1 Å². The second-order valence-electron chi connectivity index (χ2n) is 3.80. The van der Waals surface area contributed by atoms with Crippen LogP contribution in [0.2, 0.25) is 0 Å². The molecule has 3 N–H and O–H groups in total. The summed E-state index contributed by atoms with van der Waals surface area (Å²) in [6.45, 7) is 3.90. The molecule has 0 saturated carbocycles. The van der Waals surface area contributed by atoms with Gasteiger partial charge in [-0.05, 0) is 13.8 Å². The van der Waals surface area contributed by atoms with Crippen molar-refractivity contribution in [1.29, 1.82) is 0 Å². The maximum Gasteiger partial charge on any atom is 0.157 e. The first kappa shape index (κ1) is 11.9. The van der Waals surface area contributed by atoms with Gasteiger partial charge in [0.2, 0.25) is 0 Å². The number of hydrogen-bond donors (Lipinski definition) is 3. The predicted octanol–water partition coefficient (Wildman–Crippen LogP) is -0.760. The Morgan fingerprint density at radius 1 is 1.36 bits per heavy atom. The lowest BCUT2D eigenvalue weighted by Crippen LogP contribution is -2.50. The summed E-state index contributed by atoms with van der Waals surface area (Å²) in [7, 11) is 0. The van der Waals surface area contributed by atoms with Gasteiger partial charge in [0.05, 0.1) is 18.8 Å². The van der Waals surface area contributed by atoms with Crippen LogP contribution in [0, 0.1) is 0 Å². The van der Waals surface area contributed by atoms with Gasteiger partial charge in [0.25, 0.3) is 0 Å². The van der Waals surface area contributed by atoms with Crippen LogP contribution in [0.5, 0.6) is 0 Å². The molecule has 5 nitrogen and oxygen atoms in total. The fraction of sp³-hybridized carbons (Fsp3) is 1.00. The highest BCUT2D eigenvalue weighted by Gasteiger charge is 2.36. The molecule has 1 aliphatic rings. The fourth-order valence-corrected chi connectivity index (χ4v) is 1.36. The monoisotopic (exact) mass is 206 g/mol. The lowest BCUT2D eigenvalue weighted by molar-refractivity contribution is -0.244. The SMILES string of the molecule is CC(C)OC[C@@H]1O[C@H](O)C[C@H](O)[C@H]1O. The average molecular weight is 206 g/mol. The zero-order valence-corrected chi connectivity index (χ0v) is 8.46. The minimum atomic E-state index is -1.02. The lowest BCUT2D eigenvalue weighted by atomic mass is 10.0. The average Bonchev–Trinajstić information content (AvgIpc) is 2.08. The quantitative estimate of drug-likeness (QED) is 0.565. The van der Waals surface area contributed by atoms with Gasteiger partial charge >= 0.3 is 0 Å². The molecule has 0 aliphatic carbocycles. The molecule has 0 bridgehead atoms. The van der Waals surface area contributed by atoms with Crippen LogP contribution in [0.25, 0.3) is 0 Å². The van der Waals surface area contributed by atoms with Crippen molar-refractivity contribution in [3.8, 4) is 0 Å². The predicted molar refractivity (Wildman–Crippen MR) is 48.6 cm³/mol. The van der Waals surface area contributed by atoms with E-state index in [0.29, 0.717) is 0 Å². The van der Waals surface area contributed by atoms with E-state index in [4.69, 9.17) is 9.47 Å². The third kappa shape index (κ3) is 3.18. The lowest BCUT2D eigenvalue weighted by Gasteiger charge is -2.35. The van der Waals surface area contributed by atoms with Crippen molar-refractivity contribution in [3.05, 3.63) is 0 Å². The maximum absolute atomic E-state index is 9.50. The topological polar surface area (TPSA) is 79.2 Å². The number of rotatable bonds is 3. The zero-order valence-electron chi connectivity index (χ0n) is 8.46. The van der Waals surface area contributed by atoms with Gasteiger partial charge in [-0.1, -0.05) is 0 Å². The number of ether oxygens (including phenoxy) is 2. The van der Waals surface area contributed by atoms with E-state index >= 15 is 0 Å². The van der Waals surface area contributed by atoms with Crippen LogP contribution in [0.4, 0.5) is 0 Å². The summed E-state index contributed by atoms with van der Waals surface area (Å²) in [6.07, 6.45) is -3.54. The van der Waals surface area contributed by atoms with Crippen LogP contribution in [-0.4, -0.2) is 52.6 Å². The van der Waals surface area contributed by atoms with E-state index in [1.165, 1.54) is 0 Å². The first-order valence-electron chi connectivity index (χ1n) is 4.82. The second-order valence-corrected chi connectivity index (χ2v) is 3.80. The highest BCUT2D eigenvalue weighted by molar-refractivity contribution is 4.82. The van der Waals surface area contributed by atoms with E-state index in [2.05, 4.69) is 0 Å². The normalized spacial score (nSPS) is 39.0. The van der Waals surface area contributed by atoms with Crippen molar-refractivity contribution in [2.75, 3.05) is 6.61 Å². The van der Waals surface area contributed by atoms with Gasteiger partial charge in [-0.2, -0.15) is 0 Å². The maximum atomic E-state index is 9.50. The van der Waals surface area contributed by atoms with Crippen LogP contribution in [0.15, 0.2) is 0 Å². The van der Waals surface area contributed by atoms with Gasteiger partial charge in [0.1, 0.15) is 12.2 Å². The Morgan fingerprint density at radius 2 is 2.00 bits per heavy atom.